The third kappa shape index (κ3) is 32.9. The van der Waals surface area contributed by atoms with E-state index in [0.717, 1.165) is 179 Å². The molecule has 5 N–H and O–H groups in total. The zero-order chi connectivity index (χ0) is 91.9. The van der Waals surface area contributed by atoms with Gasteiger partial charge in [0.2, 0.25) is 11.8 Å². The molecule has 11 heterocycles. The first-order valence-electron chi connectivity index (χ1n) is 46.6. The minimum atomic E-state index is 0.0897. The number of Topliss-reactive ketones (excluding diaryl/α,β-unsaturated/α-hetero) is 10. The van der Waals surface area contributed by atoms with Crippen molar-refractivity contribution >= 4 is 110 Å². The third-order valence-electron chi connectivity index (χ3n) is 25.0. The molecule has 6 unspecified atom stereocenters. The lowest BCUT2D eigenvalue weighted by molar-refractivity contribution is -0.125. The number of nitrogens with one attached hydrogen (secondary N) is 5. The summed E-state index contributed by atoms with van der Waals surface area (Å²) >= 11 is 5.23. The Morgan fingerprint density at radius 1 is 0.423 bits per heavy atom. The van der Waals surface area contributed by atoms with Crippen LogP contribution in [0.25, 0.3) is 0 Å². The molecule has 7 aromatic carbocycles. The van der Waals surface area contributed by atoms with Gasteiger partial charge in [0.25, 0.3) is 0 Å². The van der Waals surface area contributed by atoms with Gasteiger partial charge in [0, 0.05) is 157 Å². The summed E-state index contributed by atoms with van der Waals surface area (Å²) < 4.78 is 15.6. The van der Waals surface area contributed by atoms with Crippen molar-refractivity contribution in [3.8, 4) is 11.5 Å². The standard InChI is InChI=1S/C13H14O.C12H12OS.C10H10O2.C10H10O.2C9H8O2.C9H8O.C7H11NOS.C7H13NO.C6H11NO.C5H9NO.C4H8N2O.C4H6OS/c14-13-7-3-6-11-10-5-2-1-4-9(10)8-12(11)13;13-10-6-3-5-9-8-4-1-2-7-11(8)14-12(9)10;11-9-5-6-12-10-4-2-1-3-8(10)7-9;11-10-6-5-8-3-1-2-4-9(8)7-10;10-8-5-7-3-1-2-4-9(7)11-6-8;10-9-6-11-5-7-3-1-2-4-8(7)9;10-9-6-5-7-3-1-2-4-8(7)9;9-7-3-5-1-2-6(10-5)4-8-7;1-2-6-3-4-7(9)5-8-6;1-5-2-3-6(8)4-7-5;7-5-2-1-3-6-4-5;1-6-2-4(7)5-3-6;5-4-2-1-3-6-4/h1-2,4-5,11-12H,3,6-8H2;1-2,4,7,9,12H,3,5-6H2;1-4H,5-7H2;1-4H,5-7H2;2*1-4H,5-6H2;1-4H,5-6H2;5-6H,1-4H2,(H,8,9);6,8H,2-5H2,1H3;5,7H,2-4H2,1H3;6H,1-4H2;2-3H2,1H3,(H,5,7);1-3H2/t;;;;;;;5-,6+;;;;;/m.......1...../s1. The molecule has 5 aliphatic carbocycles. The van der Waals surface area contributed by atoms with E-state index in [1.165, 1.54) is 75.7 Å². The topological polar surface area (TPSA) is 313 Å². The highest BCUT2D eigenvalue weighted by molar-refractivity contribution is 8.14. The maximum Gasteiger partial charge on any atom is 0.235 e. The summed E-state index contributed by atoms with van der Waals surface area (Å²) in [4.78, 5) is 145. The number of carbonyl (C=O) groups is 13. The molecule has 25 heteroatoms. The summed E-state index contributed by atoms with van der Waals surface area (Å²) in [6.07, 6.45) is 24.5. The van der Waals surface area contributed by atoms with Crippen molar-refractivity contribution in [3.63, 3.8) is 0 Å². The molecule has 692 valence electrons. The van der Waals surface area contributed by atoms with Gasteiger partial charge in [-0.15, -0.1) is 11.8 Å². The number of benzene rings is 7. The average Bonchev–Trinajstić information content (AvgIpc) is 1.64. The summed E-state index contributed by atoms with van der Waals surface area (Å²) in [7, 11) is 1.90. The van der Waals surface area contributed by atoms with Crippen LogP contribution in [0.1, 0.15) is 231 Å². The van der Waals surface area contributed by atoms with E-state index >= 15 is 0 Å². The minimum absolute atomic E-state index is 0.0897. The van der Waals surface area contributed by atoms with Gasteiger partial charge in [-0.05, 0) is 173 Å². The number of hydrogen-bond acceptors (Lipinski definition) is 23. The van der Waals surface area contributed by atoms with E-state index in [4.69, 9.17) is 14.2 Å². The highest BCUT2D eigenvalue weighted by Crippen LogP contribution is 2.51. The molecular weight excluding hydrogens is 1700 g/mol. The molecule has 23 rings (SSSR count). The number of piperidine rings is 3. The number of ether oxygens (including phenoxy) is 3. The van der Waals surface area contributed by atoms with Gasteiger partial charge in [0.15, 0.2) is 22.5 Å². The Bertz CT molecular complexity index is 4860. The molecule has 7 aromatic rings. The number of hydrogen-bond donors (Lipinski definition) is 5. The number of rotatable bonds is 1. The molecule has 11 aliphatic heterocycles. The number of fused-ring (bicyclic) bond motifs is 13. The number of thioether (sulfide) groups is 3. The van der Waals surface area contributed by atoms with Gasteiger partial charge >= 0.3 is 0 Å². The van der Waals surface area contributed by atoms with Crippen LogP contribution in [0.2, 0.25) is 0 Å². The number of aryl methyl sites for hydroxylation is 2. The summed E-state index contributed by atoms with van der Waals surface area (Å²) in [6.45, 7) is 10.8. The van der Waals surface area contributed by atoms with E-state index in [-0.39, 0.29) is 47.6 Å². The average molecular weight is 1830 g/mol. The summed E-state index contributed by atoms with van der Waals surface area (Å²) in [5.41, 5.74) is 12.8. The van der Waals surface area contributed by atoms with Crippen LogP contribution in [-0.4, -0.2) is 186 Å². The normalized spacial score (nSPS) is 23.5. The molecule has 0 spiro atoms. The molecule has 0 aromatic heterocycles. The molecule has 2 amide bonds. The first-order valence-corrected chi connectivity index (χ1v) is 49.4. The van der Waals surface area contributed by atoms with Crippen LogP contribution in [0.5, 0.6) is 11.5 Å². The van der Waals surface area contributed by atoms with Crippen LogP contribution >= 0.6 is 35.3 Å². The Hall–Kier alpha value is -9.70. The van der Waals surface area contributed by atoms with E-state index in [2.05, 4.69) is 95.0 Å². The van der Waals surface area contributed by atoms with Gasteiger partial charge in [-0.3, -0.25) is 67.2 Å². The number of carbonyl (C=O) groups excluding carboxylic acids is 13. The second-order valence-corrected chi connectivity index (χ2v) is 38.9. The molecule has 22 nitrogen and oxygen atoms in total. The van der Waals surface area contributed by atoms with Gasteiger partial charge in [-0.25, -0.2) is 0 Å². The highest BCUT2D eigenvalue weighted by atomic mass is 32.2. The minimum Gasteiger partial charge on any atom is -0.493 e. The second-order valence-electron chi connectivity index (χ2n) is 35.0. The Morgan fingerprint density at radius 2 is 1.02 bits per heavy atom. The molecule has 2 saturated carbocycles. The predicted octanol–water partition coefficient (Wildman–Crippen LogP) is 15.2. The third-order valence-corrected chi connectivity index (χ3v) is 29.0. The first kappa shape index (κ1) is 101. The lowest BCUT2D eigenvalue weighted by Gasteiger charge is -2.24. The SMILES string of the molecule is CC1CCC(=O)CN1.CCC1CCC(=O)CN1.CN1CNC(=O)C1.O=C1CCCC2c3ccccc3CC12.O=C1CCCC2c3ccccc3SC12.O=C1CCCNC1.O=C1CCCS1.O=C1CCOc2ccccc2C1.O=C1CCc2ccccc21.O=C1CCc2ccccc2C1.O=C1COCc2ccccc21.O=C1COc2ccccc2C1.O=C1C[C@H]2CC[C@@H](CN1)S2. The zero-order valence-electron chi connectivity index (χ0n) is 75.6. The van der Waals surface area contributed by atoms with Crippen LogP contribution in [0.15, 0.2) is 175 Å². The van der Waals surface area contributed by atoms with Gasteiger partial charge in [-0.1, -0.05) is 170 Å². The maximum atomic E-state index is 11.7. The fourth-order valence-corrected chi connectivity index (χ4v) is 21.5. The number of ketones is 10. The number of nitrogens with zero attached hydrogens (tertiary/aromatic N) is 1. The van der Waals surface area contributed by atoms with Crippen LogP contribution in [0.3, 0.4) is 0 Å². The molecular formula is C105H128N6O16S3. The van der Waals surface area contributed by atoms with Gasteiger partial charge in [-0.2, -0.15) is 11.8 Å². The van der Waals surface area contributed by atoms with Crippen molar-refractivity contribution in [2.24, 2.45) is 5.92 Å². The lowest BCUT2D eigenvalue weighted by atomic mass is 9.79. The number of amides is 2. The maximum absolute atomic E-state index is 11.7. The van der Waals surface area contributed by atoms with Crippen molar-refractivity contribution < 1.29 is 76.5 Å². The molecule has 130 heavy (non-hydrogen) atoms. The molecule has 2 bridgehead atoms. The van der Waals surface area contributed by atoms with Gasteiger partial charge in [0.1, 0.15) is 65.2 Å². The van der Waals surface area contributed by atoms with Crippen LogP contribution < -0.4 is 36.1 Å². The van der Waals surface area contributed by atoms with E-state index < -0.39 is 0 Å². The van der Waals surface area contributed by atoms with Crippen molar-refractivity contribution in [2.75, 3.05) is 78.6 Å². The number of likely N-dealkylation sites (N-methyl/N-ethyl adjacent to an activating group) is 1. The monoisotopic (exact) mass is 1820 g/mol. The van der Waals surface area contributed by atoms with Crippen LogP contribution in [0.4, 0.5) is 0 Å². The van der Waals surface area contributed by atoms with E-state index in [1.54, 1.807) is 11.8 Å². The second kappa shape index (κ2) is 53.7. The Balaban J connectivity index is 0.000000137. The van der Waals surface area contributed by atoms with Crippen molar-refractivity contribution in [1.82, 2.24) is 31.5 Å². The van der Waals surface area contributed by atoms with Crippen molar-refractivity contribution in [1.29, 1.82) is 0 Å². The molecule has 0 radical (unpaired) electrons. The van der Waals surface area contributed by atoms with Crippen LogP contribution in [0, 0.1) is 5.92 Å². The fourth-order valence-electron chi connectivity index (χ4n) is 17.7. The predicted molar refractivity (Wildman–Crippen MR) is 511 cm³/mol. The lowest BCUT2D eigenvalue weighted by Crippen LogP contribution is -2.38. The first-order chi connectivity index (χ1) is 63.1. The molecule has 16 aliphatic rings. The Kier molecular flexibility index (Phi) is 41.7. The smallest absolute Gasteiger partial charge is 0.235 e. The zero-order valence-corrected chi connectivity index (χ0v) is 78.0. The van der Waals surface area contributed by atoms with Crippen LogP contribution in [-0.2, 0) is 103 Å². The van der Waals surface area contributed by atoms with E-state index in [9.17, 15) is 62.3 Å². The molecule has 9 fully saturated rings. The van der Waals surface area contributed by atoms with Crippen molar-refractivity contribution in [3.05, 3.63) is 231 Å². The largest absolute Gasteiger partial charge is 0.493 e. The summed E-state index contributed by atoms with van der Waals surface area (Å²) in [5.74, 6) is 7.74. The van der Waals surface area contributed by atoms with E-state index in [1.807, 2.05) is 139 Å². The summed E-state index contributed by atoms with van der Waals surface area (Å²) in [5, 5.41) is 16.8. The Morgan fingerprint density at radius 3 is 1.62 bits per heavy atom. The summed E-state index contributed by atoms with van der Waals surface area (Å²) in [6, 6.07) is 57.1. The van der Waals surface area contributed by atoms with E-state index in [0.29, 0.717) is 159 Å². The van der Waals surface area contributed by atoms with Gasteiger partial charge < -0.3 is 40.8 Å². The Labute approximate surface area is 778 Å². The quantitative estimate of drug-likeness (QED) is 0.102. The van der Waals surface area contributed by atoms with Crippen molar-refractivity contribution in [2.45, 2.75) is 238 Å². The molecule has 8 atom stereocenters. The highest BCUT2D eigenvalue weighted by Gasteiger charge is 2.41. The molecule has 7 saturated heterocycles. The number of para-hydroxylation sites is 2. The fraction of sp³-hybridized carbons (Fsp3) is 0.476. The van der Waals surface area contributed by atoms with Gasteiger partial charge in [0.05, 0.1) is 51.3 Å².